The molecule has 0 bridgehead atoms. The van der Waals surface area contributed by atoms with E-state index in [2.05, 4.69) is 10.3 Å². The van der Waals surface area contributed by atoms with Crippen molar-refractivity contribution in [1.29, 1.82) is 0 Å². The summed E-state index contributed by atoms with van der Waals surface area (Å²) >= 11 is 0. The molecule has 1 rings (SSSR count). The lowest BCUT2D eigenvalue weighted by Crippen LogP contribution is -2.01. The second-order valence-corrected chi connectivity index (χ2v) is 2.29. The molecule has 0 saturated carbocycles. The van der Waals surface area contributed by atoms with Crippen molar-refractivity contribution in [1.82, 2.24) is 4.98 Å². The first-order valence-electron chi connectivity index (χ1n) is 3.68. The van der Waals surface area contributed by atoms with E-state index in [-0.39, 0.29) is 5.78 Å². The fraction of sp³-hybridized carbons (Fsp3) is 0.375. The fourth-order valence-corrected chi connectivity index (χ4v) is 0.985. The Morgan fingerprint density at radius 1 is 1.73 bits per heavy atom. The molecule has 60 valence electrons. The third-order valence-electron chi connectivity index (χ3n) is 1.62. The van der Waals surface area contributed by atoms with Crippen LogP contribution in [0.15, 0.2) is 12.3 Å². The summed E-state index contributed by atoms with van der Waals surface area (Å²) in [4.78, 5) is 14.1. The number of aromatic amines is 1. The van der Waals surface area contributed by atoms with Crippen molar-refractivity contribution >= 4 is 11.5 Å². The quantitative estimate of drug-likeness (QED) is 0.647. The molecule has 0 radical (unpaired) electrons. The molecule has 0 fully saturated rings. The Labute approximate surface area is 65.8 Å². The first kappa shape index (κ1) is 7.85. The minimum atomic E-state index is 0.138. The average molecular weight is 152 g/mol. The van der Waals surface area contributed by atoms with Crippen LogP contribution < -0.4 is 5.32 Å². The highest BCUT2D eigenvalue weighted by Crippen LogP contribution is 2.13. The van der Waals surface area contributed by atoms with Gasteiger partial charge in [0.05, 0.1) is 5.69 Å². The highest BCUT2D eigenvalue weighted by Gasteiger charge is 2.08. The van der Waals surface area contributed by atoms with Gasteiger partial charge in [0.15, 0.2) is 5.78 Å². The topological polar surface area (TPSA) is 44.9 Å². The number of rotatable bonds is 3. The van der Waals surface area contributed by atoms with Crippen molar-refractivity contribution in [3.8, 4) is 0 Å². The number of carbonyl (C=O) groups excluding carboxylic acids is 1. The zero-order valence-electron chi connectivity index (χ0n) is 6.77. The van der Waals surface area contributed by atoms with Gasteiger partial charge in [-0.05, 0) is 6.07 Å². The summed E-state index contributed by atoms with van der Waals surface area (Å²) in [6.45, 7) is 1.85. The molecule has 3 nitrogen and oxygen atoms in total. The van der Waals surface area contributed by atoms with Crippen molar-refractivity contribution in [2.75, 3.05) is 12.4 Å². The molecule has 11 heavy (non-hydrogen) atoms. The lowest BCUT2D eigenvalue weighted by atomic mass is 10.2. The monoisotopic (exact) mass is 152 g/mol. The molecule has 0 spiro atoms. The van der Waals surface area contributed by atoms with E-state index in [9.17, 15) is 4.79 Å². The molecule has 2 N–H and O–H groups in total. The first-order valence-corrected chi connectivity index (χ1v) is 3.68. The van der Waals surface area contributed by atoms with Crippen molar-refractivity contribution < 1.29 is 4.79 Å². The number of carbonyl (C=O) groups is 1. The third kappa shape index (κ3) is 1.42. The predicted octanol–water partition coefficient (Wildman–Crippen LogP) is 1.65. The van der Waals surface area contributed by atoms with E-state index in [1.54, 1.807) is 13.2 Å². The summed E-state index contributed by atoms with van der Waals surface area (Å²) in [6.07, 6.45) is 2.30. The van der Waals surface area contributed by atoms with Gasteiger partial charge in [-0.3, -0.25) is 4.79 Å². The molecule has 0 saturated heterocycles. The minimum absolute atomic E-state index is 0.138. The number of aromatic nitrogens is 1. The van der Waals surface area contributed by atoms with Crippen LogP contribution in [0.25, 0.3) is 0 Å². The molecule has 0 atom stereocenters. The normalized spacial score (nSPS) is 9.64. The van der Waals surface area contributed by atoms with Gasteiger partial charge in [0.1, 0.15) is 5.69 Å². The molecule has 0 aliphatic heterocycles. The second kappa shape index (κ2) is 3.23. The summed E-state index contributed by atoms with van der Waals surface area (Å²) in [5, 5.41) is 2.94. The van der Waals surface area contributed by atoms with Crippen molar-refractivity contribution in [2.24, 2.45) is 0 Å². The number of nitrogens with one attached hydrogen (secondary N) is 2. The van der Waals surface area contributed by atoms with E-state index in [0.29, 0.717) is 12.1 Å². The summed E-state index contributed by atoms with van der Waals surface area (Å²) in [7, 11) is 1.80. The highest BCUT2D eigenvalue weighted by atomic mass is 16.1. The van der Waals surface area contributed by atoms with E-state index in [4.69, 9.17) is 0 Å². The Kier molecular flexibility index (Phi) is 2.31. The van der Waals surface area contributed by atoms with Crippen molar-refractivity contribution in [3.05, 3.63) is 18.0 Å². The van der Waals surface area contributed by atoms with Gasteiger partial charge in [-0.25, -0.2) is 0 Å². The third-order valence-corrected chi connectivity index (χ3v) is 1.62. The molecule has 0 unspecified atom stereocenters. The van der Waals surface area contributed by atoms with Crippen LogP contribution in [-0.4, -0.2) is 17.8 Å². The summed E-state index contributed by atoms with van der Waals surface area (Å²) in [5.74, 6) is 0.138. The number of hydrogen-bond donors (Lipinski definition) is 2. The fourth-order valence-electron chi connectivity index (χ4n) is 0.985. The van der Waals surface area contributed by atoms with Gasteiger partial charge < -0.3 is 10.3 Å². The van der Waals surface area contributed by atoms with Gasteiger partial charge in [-0.2, -0.15) is 0 Å². The zero-order valence-corrected chi connectivity index (χ0v) is 6.77. The van der Waals surface area contributed by atoms with Crippen molar-refractivity contribution in [2.45, 2.75) is 13.3 Å². The van der Waals surface area contributed by atoms with E-state index in [0.717, 1.165) is 5.69 Å². The van der Waals surface area contributed by atoms with Gasteiger partial charge in [0, 0.05) is 19.7 Å². The Bertz CT molecular complexity index is 252. The van der Waals surface area contributed by atoms with Gasteiger partial charge in [0.25, 0.3) is 0 Å². The van der Waals surface area contributed by atoms with Crippen LogP contribution in [0.1, 0.15) is 23.8 Å². The molecule has 1 aromatic rings. The van der Waals surface area contributed by atoms with Crippen LogP contribution in [0.2, 0.25) is 0 Å². The number of anilines is 1. The second-order valence-electron chi connectivity index (χ2n) is 2.29. The number of ketones is 1. The van der Waals surface area contributed by atoms with E-state index >= 15 is 0 Å². The van der Waals surface area contributed by atoms with Gasteiger partial charge in [-0.1, -0.05) is 6.92 Å². The largest absolute Gasteiger partial charge is 0.386 e. The smallest absolute Gasteiger partial charge is 0.180 e. The number of H-pyrrole nitrogens is 1. The number of hydrogen-bond acceptors (Lipinski definition) is 2. The molecule has 0 amide bonds. The zero-order chi connectivity index (χ0) is 8.27. The van der Waals surface area contributed by atoms with Crippen LogP contribution >= 0.6 is 0 Å². The molecule has 3 heteroatoms. The van der Waals surface area contributed by atoms with Crippen LogP contribution in [-0.2, 0) is 0 Å². The standard InChI is InChI=1S/C8H12N2O/c1-3-7(11)8-6(9-2)4-5-10-8/h4-5,9-10H,3H2,1-2H3. The van der Waals surface area contributed by atoms with E-state index in [1.807, 2.05) is 13.0 Å². The highest BCUT2D eigenvalue weighted by molar-refractivity contribution is 5.99. The first-order chi connectivity index (χ1) is 5.29. The lowest BCUT2D eigenvalue weighted by molar-refractivity contribution is 0.0985. The number of Topliss-reactive ketones (excluding diaryl/α,β-unsaturated/α-hetero) is 1. The van der Waals surface area contributed by atoms with Gasteiger partial charge >= 0.3 is 0 Å². The van der Waals surface area contributed by atoms with Crippen molar-refractivity contribution in [3.63, 3.8) is 0 Å². The molecule has 1 heterocycles. The molecule has 0 aliphatic carbocycles. The summed E-state index contributed by atoms with van der Waals surface area (Å²) < 4.78 is 0. The molecule has 1 aromatic heterocycles. The Morgan fingerprint density at radius 2 is 2.45 bits per heavy atom. The van der Waals surface area contributed by atoms with Crippen LogP contribution in [0.5, 0.6) is 0 Å². The summed E-state index contributed by atoms with van der Waals surface area (Å²) in [5.41, 5.74) is 1.55. The van der Waals surface area contributed by atoms with Crippen LogP contribution in [0, 0.1) is 0 Å². The maximum atomic E-state index is 11.2. The SMILES string of the molecule is CCC(=O)c1[nH]ccc1NC. The lowest BCUT2D eigenvalue weighted by Gasteiger charge is -1.98. The van der Waals surface area contributed by atoms with E-state index < -0.39 is 0 Å². The maximum absolute atomic E-state index is 11.2. The maximum Gasteiger partial charge on any atom is 0.180 e. The Morgan fingerprint density at radius 3 is 3.00 bits per heavy atom. The van der Waals surface area contributed by atoms with Crippen LogP contribution in [0.3, 0.4) is 0 Å². The van der Waals surface area contributed by atoms with E-state index in [1.165, 1.54) is 0 Å². The minimum Gasteiger partial charge on any atom is -0.386 e. The van der Waals surface area contributed by atoms with Crippen LogP contribution in [0.4, 0.5) is 5.69 Å². The van der Waals surface area contributed by atoms with Gasteiger partial charge in [0.2, 0.25) is 0 Å². The Hall–Kier alpha value is -1.25. The molecule has 0 aromatic carbocycles. The Balaban J connectivity index is 2.92. The molecular formula is C8H12N2O. The predicted molar refractivity (Wildman–Crippen MR) is 45.0 cm³/mol. The molecular weight excluding hydrogens is 140 g/mol. The molecule has 0 aliphatic rings. The van der Waals surface area contributed by atoms with Gasteiger partial charge in [-0.15, -0.1) is 0 Å². The average Bonchev–Trinajstić information content (AvgIpc) is 2.50. The summed E-state index contributed by atoms with van der Waals surface area (Å²) in [6, 6.07) is 1.85.